The zero-order chi connectivity index (χ0) is 13.3. The molecule has 1 aliphatic carbocycles. The average Bonchev–Trinajstić information content (AvgIpc) is 2.37. The van der Waals surface area contributed by atoms with Gasteiger partial charge in [0.1, 0.15) is 0 Å². The second-order valence-corrected chi connectivity index (χ2v) is 5.52. The van der Waals surface area contributed by atoms with Gasteiger partial charge in [-0.2, -0.15) is 0 Å². The summed E-state index contributed by atoms with van der Waals surface area (Å²) in [4.78, 5) is 18.1. The van der Waals surface area contributed by atoms with E-state index < -0.39 is 0 Å². The smallest absolute Gasteiger partial charge is 0.322 e. The molecule has 5 nitrogen and oxygen atoms in total. The minimum atomic E-state index is -0.0794. The van der Waals surface area contributed by atoms with E-state index in [0.29, 0.717) is 13.1 Å². The molecule has 1 saturated carbocycles. The Kier molecular flexibility index (Phi) is 3.14. The van der Waals surface area contributed by atoms with Crippen LogP contribution in [0, 0.1) is 0 Å². The van der Waals surface area contributed by atoms with E-state index in [1.165, 1.54) is 6.42 Å². The lowest BCUT2D eigenvalue weighted by atomic mass is 9.78. The molecule has 1 saturated heterocycles. The maximum atomic E-state index is 12.3. The number of morpholine rings is 1. The van der Waals surface area contributed by atoms with Crippen molar-refractivity contribution in [3.8, 4) is 0 Å². The maximum Gasteiger partial charge on any atom is 0.322 e. The van der Waals surface area contributed by atoms with Crippen LogP contribution in [0.1, 0.15) is 26.2 Å². The molecule has 2 fully saturated rings. The summed E-state index contributed by atoms with van der Waals surface area (Å²) in [5, 5.41) is 2.89. The number of hydrogen-bond acceptors (Lipinski definition) is 3. The van der Waals surface area contributed by atoms with Crippen molar-refractivity contribution in [1.82, 2.24) is 9.88 Å². The van der Waals surface area contributed by atoms with Crippen LogP contribution in [0.25, 0.3) is 0 Å². The molecule has 2 aliphatic rings. The second-order valence-electron chi connectivity index (χ2n) is 5.52. The van der Waals surface area contributed by atoms with Gasteiger partial charge in [0.25, 0.3) is 0 Å². The molecule has 1 aromatic rings. The van der Waals surface area contributed by atoms with Gasteiger partial charge < -0.3 is 15.0 Å². The van der Waals surface area contributed by atoms with E-state index in [-0.39, 0.29) is 17.7 Å². The van der Waals surface area contributed by atoms with Crippen LogP contribution in [0.15, 0.2) is 24.5 Å². The predicted molar refractivity (Wildman–Crippen MR) is 72.0 cm³/mol. The number of nitrogens with one attached hydrogen (secondary N) is 1. The second kappa shape index (κ2) is 4.81. The highest BCUT2D eigenvalue weighted by molar-refractivity contribution is 5.89. The van der Waals surface area contributed by atoms with Gasteiger partial charge in [0.05, 0.1) is 30.1 Å². The Hall–Kier alpha value is -1.62. The lowest BCUT2D eigenvalue weighted by Crippen LogP contribution is -2.60. The van der Waals surface area contributed by atoms with Crippen molar-refractivity contribution in [2.24, 2.45) is 0 Å². The van der Waals surface area contributed by atoms with Gasteiger partial charge in [-0.3, -0.25) is 4.98 Å². The number of amides is 2. The lowest BCUT2D eigenvalue weighted by Gasteiger charge is -2.50. The minimum Gasteiger partial charge on any atom is -0.368 e. The van der Waals surface area contributed by atoms with Crippen LogP contribution >= 0.6 is 0 Å². The third-order valence-corrected chi connectivity index (χ3v) is 3.87. The Labute approximate surface area is 113 Å². The van der Waals surface area contributed by atoms with Crippen molar-refractivity contribution < 1.29 is 9.53 Å². The van der Waals surface area contributed by atoms with Gasteiger partial charge in [0, 0.05) is 12.7 Å². The first-order valence-electron chi connectivity index (χ1n) is 6.81. The van der Waals surface area contributed by atoms with Gasteiger partial charge in [0.2, 0.25) is 0 Å². The van der Waals surface area contributed by atoms with Gasteiger partial charge >= 0.3 is 6.03 Å². The largest absolute Gasteiger partial charge is 0.368 e. The molecule has 5 heteroatoms. The molecule has 0 bridgehead atoms. The molecule has 1 N–H and O–H groups in total. The Morgan fingerprint density at radius 1 is 1.58 bits per heavy atom. The summed E-state index contributed by atoms with van der Waals surface area (Å²) < 4.78 is 6.01. The number of carbonyl (C=O) groups is 1. The van der Waals surface area contributed by atoms with Crippen LogP contribution in [0.4, 0.5) is 10.5 Å². The zero-order valence-electron chi connectivity index (χ0n) is 11.1. The van der Waals surface area contributed by atoms with E-state index in [1.807, 2.05) is 24.0 Å². The number of urea groups is 1. The van der Waals surface area contributed by atoms with Crippen molar-refractivity contribution in [3.63, 3.8) is 0 Å². The number of pyridine rings is 1. The first kappa shape index (κ1) is 12.4. The fraction of sp³-hybridized carbons (Fsp3) is 0.571. The van der Waals surface area contributed by atoms with Crippen LogP contribution in [-0.2, 0) is 4.74 Å². The first-order valence-corrected chi connectivity index (χ1v) is 6.81. The molecule has 0 radical (unpaired) electrons. The fourth-order valence-electron chi connectivity index (χ4n) is 2.87. The normalized spacial score (nSPS) is 24.9. The standard InChI is InChI=1S/C14H19N3O2/c1-11-9-17(10-14(19-11)5-3-6-14)13(18)16-12-4-2-7-15-8-12/h2,4,7-8,11H,3,5-6,9-10H2,1H3,(H,16,18). The molecule has 1 unspecified atom stereocenters. The van der Waals surface area contributed by atoms with Crippen LogP contribution in [-0.4, -0.2) is 40.7 Å². The Morgan fingerprint density at radius 3 is 3.05 bits per heavy atom. The van der Waals surface area contributed by atoms with Crippen molar-refractivity contribution >= 4 is 11.7 Å². The number of anilines is 1. The number of ether oxygens (including phenoxy) is 1. The Morgan fingerprint density at radius 2 is 2.42 bits per heavy atom. The monoisotopic (exact) mass is 261 g/mol. The topological polar surface area (TPSA) is 54.5 Å². The predicted octanol–water partition coefficient (Wildman–Crippen LogP) is 2.26. The molecule has 1 spiro atoms. The van der Waals surface area contributed by atoms with E-state index in [0.717, 1.165) is 18.5 Å². The summed E-state index contributed by atoms with van der Waals surface area (Å²) in [5.74, 6) is 0. The Bertz CT molecular complexity index is 459. The average molecular weight is 261 g/mol. The molecule has 2 amide bonds. The highest BCUT2D eigenvalue weighted by Crippen LogP contribution is 2.39. The molecular formula is C14H19N3O2. The van der Waals surface area contributed by atoms with E-state index in [2.05, 4.69) is 10.3 Å². The molecule has 2 heterocycles. The molecule has 0 aromatic carbocycles. The summed E-state index contributed by atoms with van der Waals surface area (Å²) >= 11 is 0. The van der Waals surface area contributed by atoms with Crippen molar-refractivity contribution in [2.75, 3.05) is 18.4 Å². The molecular weight excluding hydrogens is 242 g/mol. The maximum absolute atomic E-state index is 12.3. The summed E-state index contributed by atoms with van der Waals surface area (Å²) in [5.41, 5.74) is 0.651. The highest BCUT2D eigenvalue weighted by Gasteiger charge is 2.45. The van der Waals surface area contributed by atoms with E-state index >= 15 is 0 Å². The van der Waals surface area contributed by atoms with Gasteiger partial charge in [0.15, 0.2) is 0 Å². The molecule has 1 aliphatic heterocycles. The SMILES string of the molecule is CC1CN(C(=O)Nc2cccnc2)CC2(CCC2)O1. The number of hydrogen-bond donors (Lipinski definition) is 1. The quantitative estimate of drug-likeness (QED) is 0.843. The zero-order valence-corrected chi connectivity index (χ0v) is 11.1. The van der Waals surface area contributed by atoms with Gasteiger partial charge in [-0.1, -0.05) is 0 Å². The van der Waals surface area contributed by atoms with Crippen molar-refractivity contribution in [2.45, 2.75) is 37.9 Å². The van der Waals surface area contributed by atoms with Crippen LogP contribution in [0.5, 0.6) is 0 Å². The van der Waals surface area contributed by atoms with Crippen molar-refractivity contribution in [3.05, 3.63) is 24.5 Å². The highest BCUT2D eigenvalue weighted by atomic mass is 16.5. The van der Waals surface area contributed by atoms with Gasteiger partial charge in [-0.25, -0.2) is 4.79 Å². The lowest BCUT2D eigenvalue weighted by molar-refractivity contribution is -0.174. The number of carbonyl (C=O) groups excluding carboxylic acids is 1. The third-order valence-electron chi connectivity index (χ3n) is 3.87. The molecule has 3 rings (SSSR count). The van der Waals surface area contributed by atoms with Crippen LogP contribution in [0.3, 0.4) is 0 Å². The minimum absolute atomic E-state index is 0.0607. The molecule has 19 heavy (non-hydrogen) atoms. The van der Waals surface area contributed by atoms with Crippen LogP contribution < -0.4 is 5.32 Å². The summed E-state index contributed by atoms with van der Waals surface area (Å²) in [6.45, 7) is 3.38. The van der Waals surface area contributed by atoms with E-state index in [1.54, 1.807) is 12.4 Å². The van der Waals surface area contributed by atoms with E-state index in [4.69, 9.17) is 4.74 Å². The number of aromatic nitrogens is 1. The molecule has 102 valence electrons. The molecule has 1 atom stereocenters. The van der Waals surface area contributed by atoms with E-state index in [9.17, 15) is 4.79 Å². The summed E-state index contributed by atoms with van der Waals surface area (Å²) in [6.07, 6.45) is 6.78. The third kappa shape index (κ3) is 2.56. The summed E-state index contributed by atoms with van der Waals surface area (Å²) in [6, 6.07) is 3.59. The van der Waals surface area contributed by atoms with Crippen LogP contribution in [0.2, 0.25) is 0 Å². The van der Waals surface area contributed by atoms with Gasteiger partial charge in [-0.05, 0) is 38.3 Å². The van der Waals surface area contributed by atoms with Gasteiger partial charge in [-0.15, -0.1) is 0 Å². The number of nitrogens with zero attached hydrogens (tertiary/aromatic N) is 2. The Balaban J connectivity index is 1.66. The number of rotatable bonds is 1. The first-order chi connectivity index (χ1) is 9.17. The molecule has 1 aromatic heterocycles. The van der Waals surface area contributed by atoms with Crippen molar-refractivity contribution in [1.29, 1.82) is 0 Å². The summed E-state index contributed by atoms with van der Waals surface area (Å²) in [7, 11) is 0. The fourth-order valence-corrected chi connectivity index (χ4v) is 2.87.